The van der Waals surface area contributed by atoms with E-state index in [0.717, 1.165) is 62.3 Å². The second kappa shape index (κ2) is 12.6. The van der Waals surface area contributed by atoms with Crippen LogP contribution in [-0.4, -0.2) is 15.0 Å². The van der Waals surface area contributed by atoms with E-state index in [4.69, 9.17) is 19.7 Å². The van der Waals surface area contributed by atoms with Gasteiger partial charge in [0.2, 0.25) is 0 Å². The van der Waals surface area contributed by atoms with Crippen molar-refractivity contribution in [2.45, 2.75) is 19.3 Å². The summed E-state index contributed by atoms with van der Waals surface area (Å²) in [5.41, 5.74) is 11.1. The second-order valence-corrected chi connectivity index (χ2v) is 14.1. The molecule has 1 aromatic heterocycles. The highest BCUT2D eigenvalue weighted by Gasteiger charge is 2.37. The number of benzene rings is 7. The zero-order valence-electron chi connectivity index (χ0n) is 29.9. The molecule has 0 saturated carbocycles. The van der Waals surface area contributed by atoms with Gasteiger partial charge < -0.3 is 14.5 Å². The molecule has 6 heteroatoms. The largest absolute Gasteiger partial charge is 0.453 e. The van der Waals surface area contributed by atoms with Crippen molar-refractivity contribution in [2.24, 2.45) is 0 Å². The number of ether oxygens (including phenoxy) is 1. The van der Waals surface area contributed by atoms with Crippen LogP contribution in [0.1, 0.15) is 25.0 Å². The van der Waals surface area contributed by atoms with Gasteiger partial charge in [-0.25, -0.2) is 15.0 Å². The van der Waals surface area contributed by atoms with E-state index in [1.807, 2.05) is 84.9 Å². The van der Waals surface area contributed by atoms with E-state index in [-0.39, 0.29) is 5.41 Å². The lowest BCUT2D eigenvalue weighted by atomic mass is 9.73. The van der Waals surface area contributed by atoms with E-state index in [2.05, 4.69) is 115 Å². The maximum absolute atomic E-state index is 6.45. The summed E-state index contributed by atoms with van der Waals surface area (Å²) >= 11 is 0. The van der Waals surface area contributed by atoms with Gasteiger partial charge in [-0.2, -0.15) is 0 Å². The van der Waals surface area contributed by atoms with Crippen molar-refractivity contribution in [3.63, 3.8) is 0 Å². The van der Waals surface area contributed by atoms with Crippen LogP contribution < -0.4 is 14.5 Å². The van der Waals surface area contributed by atoms with Gasteiger partial charge in [0, 0.05) is 33.5 Å². The minimum atomic E-state index is -0.199. The molecule has 3 heterocycles. The molecule has 0 aliphatic carbocycles. The topological polar surface area (TPSA) is 54.4 Å². The molecule has 2 aliphatic rings. The van der Waals surface area contributed by atoms with Gasteiger partial charge in [0.25, 0.3) is 0 Å². The van der Waals surface area contributed by atoms with Crippen LogP contribution in [0, 0.1) is 0 Å². The number of fused-ring (bicyclic) bond motifs is 4. The third-order valence-corrected chi connectivity index (χ3v) is 10.4. The SMILES string of the molecule is CC1(C)c2ccccc2N(c2cc(-c3nc(-c4ccccc4)nc(-c4ccccc4)n3)cc(N3c4ccccc4Oc4ccccc43)c2)c2ccccc21. The average Bonchev–Trinajstić information content (AvgIpc) is 3.23. The molecule has 0 radical (unpaired) electrons. The zero-order chi connectivity index (χ0) is 36.2. The van der Waals surface area contributed by atoms with E-state index in [0.29, 0.717) is 17.5 Å². The Morgan fingerprint density at radius 3 is 1.24 bits per heavy atom. The fraction of sp³-hybridized carbons (Fsp3) is 0.0625. The fourth-order valence-corrected chi connectivity index (χ4v) is 7.85. The first-order chi connectivity index (χ1) is 26.5. The van der Waals surface area contributed by atoms with E-state index in [9.17, 15) is 0 Å². The number of aromatic nitrogens is 3. The molecule has 0 amide bonds. The first kappa shape index (κ1) is 31.7. The Morgan fingerprint density at radius 1 is 0.389 bits per heavy atom. The Labute approximate surface area is 314 Å². The van der Waals surface area contributed by atoms with Crippen molar-refractivity contribution in [3.05, 3.63) is 187 Å². The Bertz CT molecular complexity index is 2540. The van der Waals surface area contributed by atoms with Crippen LogP contribution in [0.25, 0.3) is 34.2 Å². The van der Waals surface area contributed by atoms with E-state index in [1.165, 1.54) is 11.1 Å². The Balaban J connectivity index is 1.27. The van der Waals surface area contributed by atoms with Crippen LogP contribution in [0.15, 0.2) is 176 Å². The van der Waals surface area contributed by atoms with Gasteiger partial charge in [-0.05, 0) is 65.7 Å². The molecule has 0 saturated heterocycles. The molecule has 0 unspecified atom stereocenters. The monoisotopic (exact) mass is 697 g/mol. The van der Waals surface area contributed by atoms with Gasteiger partial charge in [-0.3, -0.25) is 0 Å². The summed E-state index contributed by atoms with van der Waals surface area (Å²) in [5, 5.41) is 0. The van der Waals surface area contributed by atoms with Gasteiger partial charge in [0.1, 0.15) is 0 Å². The maximum Gasteiger partial charge on any atom is 0.164 e. The minimum Gasteiger partial charge on any atom is -0.453 e. The highest BCUT2D eigenvalue weighted by molar-refractivity contribution is 5.93. The Kier molecular flexibility index (Phi) is 7.37. The lowest BCUT2D eigenvalue weighted by molar-refractivity contribution is 0.477. The van der Waals surface area contributed by atoms with Crippen LogP contribution in [0.5, 0.6) is 11.5 Å². The molecule has 7 aromatic carbocycles. The molecule has 0 fully saturated rings. The molecule has 258 valence electrons. The summed E-state index contributed by atoms with van der Waals surface area (Å²) in [6.07, 6.45) is 0. The predicted molar refractivity (Wildman–Crippen MR) is 218 cm³/mol. The molecule has 0 bridgehead atoms. The summed E-state index contributed by atoms with van der Waals surface area (Å²) in [4.78, 5) is 20.0. The zero-order valence-corrected chi connectivity index (χ0v) is 29.9. The van der Waals surface area contributed by atoms with Crippen LogP contribution in [0.3, 0.4) is 0 Å². The summed E-state index contributed by atoms with van der Waals surface area (Å²) in [7, 11) is 0. The number of nitrogens with zero attached hydrogens (tertiary/aromatic N) is 5. The highest BCUT2D eigenvalue weighted by Crippen LogP contribution is 2.55. The molecule has 0 N–H and O–H groups in total. The molecule has 0 atom stereocenters. The predicted octanol–water partition coefficient (Wildman–Crippen LogP) is 12.6. The third kappa shape index (κ3) is 5.22. The minimum absolute atomic E-state index is 0.199. The summed E-state index contributed by atoms with van der Waals surface area (Å²) in [6.45, 7) is 4.62. The number of hydrogen-bond donors (Lipinski definition) is 0. The van der Waals surface area contributed by atoms with Crippen LogP contribution in [-0.2, 0) is 5.41 Å². The van der Waals surface area contributed by atoms with E-state index >= 15 is 0 Å². The van der Waals surface area contributed by atoms with Crippen LogP contribution >= 0.6 is 0 Å². The van der Waals surface area contributed by atoms with Crippen molar-refractivity contribution in [2.75, 3.05) is 9.80 Å². The average molecular weight is 698 g/mol. The molecular formula is C48H35N5O. The van der Waals surface area contributed by atoms with Crippen LogP contribution in [0.2, 0.25) is 0 Å². The lowest BCUT2D eigenvalue weighted by Crippen LogP contribution is -2.30. The van der Waals surface area contributed by atoms with E-state index < -0.39 is 0 Å². The van der Waals surface area contributed by atoms with Crippen molar-refractivity contribution in [3.8, 4) is 45.7 Å². The van der Waals surface area contributed by atoms with Gasteiger partial charge in [-0.1, -0.05) is 135 Å². The standard InChI is InChI=1S/C48H35N5O/c1-48(2)37-21-9-11-23-39(37)52(40-24-12-10-22-38(40)48)35-29-34(30-36(31-35)53-41-25-13-15-27-43(41)54-44-28-16-14-26-42(44)53)47-50-45(32-17-5-3-6-18-32)49-46(51-47)33-19-7-4-8-20-33/h3-31H,1-2H3. The summed E-state index contributed by atoms with van der Waals surface area (Å²) in [5.74, 6) is 3.39. The van der Waals surface area contributed by atoms with E-state index in [1.54, 1.807) is 0 Å². The summed E-state index contributed by atoms with van der Waals surface area (Å²) < 4.78 is 6.45. The lowest BCUT2D eigenvalue weighted by Gasteiger charge is -2.42. The highest BCUT2D eigenvalue weighted by atomic mass is 16.5. The smallest absolute Gasteiger partial charge is 0.164 e. The molecular weight excluding hydrogens is 663 g/mol. The molecule has 6 nitrogen and oxygen atoms in total. The summed E-state index contributed by atoms with van der Waals surface area (Å²) in [6, 6.07) is 60.8. The van der Waals surface area contributed by atoms with Crippen molar-refractivity contribution in [1.82, 2.24) is 15.0 Å². The second-order valence-electron chi connectivity index (χ2n) is 14.1. The Morgan fingerprint density at radius 2 is 0.759 bits per heavy atom. The molecule has 10 rings (SSSR count). The Hall–Kier alpha value is -7.05. The number of anilines is 6. The molecule has 0 spiro atoms. The maximum atomic E-state index is 6.45. The number of rotatable bonds is 5. The quantitative estimate of drug-likeness (QED) is 0.178. The van der Waals surface area contributed by atoms with Gasteiger partial charge in [0.15, 0.2) is 29.0 Å². The van der Waals surface area contributed by atoms with Gasteiger partial charge >= 0.3 is 0 Å². The number of hydrogen-bond acceptors (Lipinski definition) is 6. The molecule has 54 heavy (non-hydrogen) atoms. The van der Waals surface area contributed by atoms with Gasteiger partial charge in [0.05, 0.1) is 22.7 Å². The normalized spacial score (nSPS) is 13.6. The van der Waals surface area contributed by atoms with Gasteiger partial charge in [-0.15, -0.1) is 0 Å². The molecule has 8 aromatic rings. The first-order valence-electron chi connectivity index (χ1n) is 18.2. The number of para-hydroxylation sites is 6. The van der Waals surface area contributed by atoms with Crippen molar-refractivity contribution < 1.29 is 4.74 Å². The van der Waals surface area contributed by atoms with Crippen LogP contribution in [0.4, 0.5) is 34.1 Å². The first-order valence-corrected chi connectivity index (χ1v) is 18.2. The van der Waals surface area contributed by atoms with Crippen molar-refractivity contribution in [1.29, 1.82) is 0 Å². The van der Waals surface area contributed by atoms with Crippen molar-refractivity contribution >= 4 is 34.1 Å². The fourth-order valence-electron chi connectivity index (χ4n) is 7.85. The molecule has 2 aliphatic heterocycles. The third-order valence-electron chi connectivity index (χ3n) is 10.4.